The Kier molecular flexibility index (Phi) is 3.52. The molecule has 15 heavy (non-hydrogen) atoms. The molecule has 0 aliphatic rings. The first kappa shape index (κ1) is 11.8. The number of halogens is 1. The van der Waals surface area contributed by atoms with Crippen LogP contribution >= 0.6 is 11.6 Å². The number of rotatable bonds is 3. The molecule has 1 rings (SSSR count). The summed E-state index contributed by atoms with van der Waals surface area (Å²) in [6.45, 7) is 3.53. The van der Waals surface area contributed by atoms with Crippen molar-refractivity contribution in [2.45, 2.75) is 25.9 Å². The van der Waals surface area contributed by atoms with Crippen molar-refractivity contribution in [3.8, 4) is 0 Å². The van der Waals surface area contributed by atoms with Gasteiger partial charge in [0, 0.05) is 12.6 Å². The molecule has 4 nitrogen and oxygen atoms in total. The molecule has 0 bridgehead atoms. The SMILES string of the molecule is CC(C)(Cc1cccnc1Cl)OC(N)=O. The van der Waals surface area contributed by atoms with E-state index in [1.807, 2.05) is 6.07 Å². The molecular formula is C10H13ClN2O2. The molecule has 0 aliphatic carbocycles. The number of nitrogens with two attached hydrogens (primary N) is 1. The van der Waals surface area contributed by atoms with Gasteiger partial charge >= 0.3 is 6.09 Å². The molecule has 0 aliphatic heterocycles. The highest BCUT2D eigenvalue weighted by Gasteiger charge is 2.23. The number of amides is 1. The van der Waals surface area contributed by atoms with Crippen LogP contribution in [-0.4, -0.2) is 16.7 Å². The number of carbonyl (C=O) groups excluding carboxylic acids is 1. The lowest BCUT2D eigenvalue weighted by molar-refractivity contribution is 0.0460. The molecule has 0 aromatic carbocycles. The van der Waals surface area contributed by atoms with Gasteiger partial charge in [-0.1, -0.05) is 17.7 Å². The molecule has 0 saturated carbocycles. The summed E-state index contributed by atoms with van der Waals surface area (Å²) in [4.78, 5) is 14.6. The molecule has 1 amide bonds. The van der Waals surface area contributed by atoms with Gasteiger partial charge < -0.3 is 10.5 Å². The second kappa shape index (κ2) is 4.49. The van der Waals surface area contributed by atoms with E-state index in [0.717, 1.165) is 5.56 Å². The summed E-state index contributed by atoms with van der Waals surface area (Å²) in [5.74, 6) is 0. The van der Waals surface area contributed by atoms with Crippen molar-refractivity contribution in [2.75, 3.05) is 0 Å². The minimum Gasteiger partial charge on any atom is -0.443 e. The van der Waals surface area contributed by atoms with Gasteiger partial charge in [0.2, 0.25) is 0 Å². The van der Waals surface area contributed by atoms with Crippen LogP contribution in [-0.2, 0) is 11.2 Å². The van der Waals surface area contributed by atoms with Crippen LogP contribution in [0.1, 0.15) is 19.4 Å². The fourth-order valence-electron chi connectivity index (χ4n) is 1.32. The number of ether oxygens (including phenoxy) is 1. The molecule has 1 aromatic rings. The Hall–Kier alpha value is -1.29. The van der Waals surface area contributed by atoms with Gasteiger partial charge in [0.15, 0.2) is 0 Å². The first-order valence-electron chi connectivity index (χ1n) is 4.48. The highest BCUT2D eigenvalue weighted by atomic mass is 35.5. The summed E-state index contributed by atoms with van der Waals surface area (Å²) in [5, 5.41) is 0.415. The first-order chi connectivity index (χ1) is 6.91. The molecule has 2 N–H and O–H groups in total. The minimum absolute atomic E-state index is 0.415. The van der Waals surface area contributed by atoms with E-state index in [2.05, 4.69) is 4.98 Å². The van der Waals surface area contributed by atoms with Gasteiger partial charge in [0.25, 0.3) is 0 Å². The van der Waals surface area contributed by atoms with Crippen LogP contribution in [0.3, 0.4) is 0 Å². The molecule has 0 saturated heterocycles. The van der Waals surface area contributed by atoms with Gasteiger partial charge in [-0.05, 0) is 25.5 Å². The zero-order valence-corrected chi connectivity index (χ0v) is 9.41. The second-order valence-electron chi connectivity index (χ2n) is 3.81. The van der Waals surface area contributed by atoms with Crippen LogP contribution in [0.25, 0.3) is 0 Å². The third-order valence-corrected chi connectivity index (χ3v) is 2.17. The average molecular weight is 229 g/mol. The van der Waals surface area contributed by atoms with Crippen LogP contribution in [0.4, 0.5) is 4.79 Å². The van der Waals surface area contributed by atoms with Crippen molar-refractivity contribution in [2.24, 2.45) is 5.73 Å². The topological polar surface area (TPSA) is 65.2 Å². The first-order valence-corrected chi connectivity index (χ1v) is 4.86. The van der Waals surface area contributed by atoms with Crippen LogP contribution < -0.4 is 5.73 Å². The molecule has 1 aromatic heterocycles. The van der Waals surface area contributed by atoms with E-state index in [0.29, 0.717) is 11.6 Å². The zero-order valence-electron chi connectivity index (χ0n) is 8.66. The van der Waals surface area contributed by atoms with E-state index >= 15 is 0 Å². The molecule has 82 valence electrons. The Morgan fingerprint density at radius 1 is 1.67 bits per heavy atom. The van der Waals surface area contributed by atoms with Crippen molar-refractivity contribution < 1.29 is 9.53 Å². The molecule has 5 heteroatoms. The van der Waals surface area contributed by atoms with E-state index in [1.54, 1.807) is 26.1 Å². The van der Waals surface area contributed by atoms with E-state index in [9.17, 15) is 4.79 Å². The maximum atomic E-state index is 10.6. The lowest BCUT2D eigenvalue weighted by atomic mass is 10.00. The summed E-state index contributed by atoms with van der Waals surface area (Å²) in [6, 6.07) is 3.61. The third kappa shape index (κ3) is 3.75. The van der Waals surface area contributed by atoms with Gasteiger partial charge in [-0.15, -0.1) is 0 Å². The Bertz CT molecular complexity index is 366. The molecule has 1 heterocycles. The highest BCUT2D eigenvalue weighted by Crippen LogP contribution is 2.21. The van der Waals surface area contributed by atoms with Gasteiger partial charge in [-0.3, -0.25) is 0 Å². The number of primary amides is 1. The van der Waals surface area contributed by atoms with Crippen molar-refractivity contribution in [1.82, 2.24) is 4.98 Å². The molecule has 0 atom stereocenters. The van der Waals surface area contributed by atoms with Crippen LogP contribution in [0.2, 0.25) is 5.15 Å². The fourth-order valence-corrected chi connectivity index (χ4v) is 1.50. The van der Waals surface area contributed by atoms with E-state index in [1.165, 1.54) is 0 Å². The molecule has 0 unspecified atom stereocenters. The predicted molar refractivity (Wildman–Crippen MR) is 57.7 cm³/mol. The lowest BCUT2D eigenvalue weighted by Gasteiger charge is -2.24. The lowest BCUT2D eigenvalue weighted by Crippen LogP contribution is -2.33. The summed E-state index contributed by atoms with van der Waals surface area (Å²) in [7, 11) is 0. The summed E-state index contributed by atoms with van der Waals surface area (Å²) >= 11 is 5.88. The number of carbonyl (C=O) groups is 1. The van der Waals surface area contributed by atoms with Crippen molar-refractivity contribution in [3.63, 3.8) is 0 Å². The molecule has 0 fully saturated rings. The molecule has 0 spiro atoms. The number of aromatic nitrogens is 1. The Morgan fingerprint density at radius 2 is 2.33 bits per heavy atom. The Balaban J connectivity index is 2.77. The van der Waals surface area contributed by atoms with E-state index < -0.39 is 11.7 Å². The van der Waals surface area contributed by atoms with Crippen LogP contribution in [0.15, 0.2) is 18.3 Å². The second-order valence-corrected chi connectivity index (χ2v) is 4.17. The fraction of sp³-hybridized carbons (Fsp3) is 0.400. The summed E-state index contributed by atoms with van der Waals surface area (Å²) < 4.78 is 4.95. The van der Waals surface area contributed by atoms with Gasteiger partial charge in [-0.25, -0.2) is 9.78 Å². The number of hydrogen-bond donors (Lipinski definition) is 1. The highest BCUT2D eigenvalue weighted by molar-refractivity contribution is 6.30. The van der Waals surface area contributed by atoms with Crippen molar-refractivity contribution in [1.29, 1.82) is 0 Å². The maximum absolute atomic E-state index is 10.6. The molecule has 0 radical (unpaired) electrons. The quantitative estimate of drug-likeness (QED) is 0.807. The van der Waals surface area contributed by atoms with Gasteiger partial charge in [0.05, 0.1) is 0 Å². The minimum atomic E-state index is -0.792. The van der Waals surface area contributed by atoms with Crippen LogP contribution in [0, 0.1) is 0 Å². The van der Waals surface area contributed by atoms with Crippen molar-refractivity contribution >= 4 is 17.7 Å². The maximum Gasteiger partial charge on any atom is 0.405 e. The summed E-state index contributed by atoms with van der Waals surface area (Å²) in [6.07, 6.45) is 1.29. The van der Waals surface area contributed by atoms with Crippen LogP contribution in [0.5, 0.6) is 0 Å². The summed E-state index contributed by atoms with van der Waals surface area (Å²) in [5.41, 5.74) is 5.10. The van der Waals surface area contributed by atoms with E-state index in [4.69, 9.17) is 22.1 Å². The Morgan fingerprint density at radius 3 is 2.87 bits per heavy atom. The third-order valence-electron chi connectivity index (χ3n) is 1.83. The number of pyridine rings is 1. The Labute approximate surface area is 93.4 Å². The van der Waals surface area contributed by atoms with Gasteiger partial charge in [0.1, 0.15) is 10.8 Å². The zero-order chi connectivity index (χ0) is 11.5. The number of nitrogens with zero attached hydrogens (tertiary/aromatic N) is 1. The van der Waals surface area contributed by atoms with E-state index in [-0.39, 0.29) is 0 Å². The van der Waals surface area contributed by atoms with Crippen molar-refractivity contribution in [3.05, 3.63) is 29.0 Å². The standard InChI is InChI=1S/C10H13ClN2O2/c1-10(2,15-9(12)14)6-7-4-3-5-13-8(7)11/h3-5H,6H2,1-2H3,(H2,12,14). The molecular weight excluding hydrogens is 216 g/mol. The average Bonchev–Trinajstić information content (AvgIpc) is 2.06. The van der Waals surface area contributed by atoms with Gasteiger partial charge in [-0.2, -0.15) is 0 Å². The largest absolute Gasteiger partial charge is 0.443 e. The smallest absolute Gasteiger partial charge is 0.405 e. The predicted octanol–water partition coefficient (Wildman–Crippen LogP) is 2.15. The normalized spacial score (nSPS) is 11.1. The number of hydrogen-bond acceptors (Lipinski definition) is 3. The monoisotopic (exact) mass is 228 g/mol.